The van der Waals surface area contributed by atoms with E-state index in [4.69, 9.17) is 10.5 Å². The Morgan fingerprint density at radius 2 is 2.10 bits per heavy atom. The Kier molecular flexibility index (Phi) is 6.52. The molecule has 1 unspecified atom stereocenters. The van der Waals surface area contributed by atoms with Crippen molar-refractivity contribution in [1.29, 1.82) is 0 Å². The Morgan fingerprint density at radius 3 is 2.67 bits per heavy atom. The molecule has 1 aliphatic rings. The van der Waals surface area contributed by atoms with Gasteiger partial charge in [-0.25, -0.2) is 0 Å². The highest BCUT2D eigenvalue weighted by molar-refractivity contribution is 9.10. The standard InChI is InChI=1S/C17H27BrN2O/c1-3-15(19)10-14-4-5-16(11-17(14)18)20-8-6-13(7-9-20)12-21-2/h4-5,11,13,15H,3,6-10,12,19H2,1-2H3. The van der Waals surface area contributed by atoms with Gasteiger partial charge in [0.2, 0.25) is 0 Å². The van der Waals surface area contributed by atoms with Gasteiger partial charge >= 0.3 is 0 Å². The maximum absolute atomic E-state index is 6.06. The van der Waals surface area contributed by atoms with E-state index in [1.165, 1.54) is 28.6 Å². The third-order valence-electron chi connectivity index (χ3n) is 4.43. The van der Waals surface area contributed by atoms with E-state index in [0.29, 0.717) is 0 Å². The number of rotatable bonds is 6. The number of ether oxygens (including phenoxy) is 1. The minimum atomic E-state index is 0.247. The fraction of sp³-hybridized carbons (Fsp3) is 0.647. The van der Waals surface area contributed by atoms with Gasteiger partial charge in [-0.15, -0.1) is 0 Å². The van der Waals surface area contributed by atoms with E-state index in [1.807, 2.05) is 0 Å². The number of nitrogens with zero attached hydrogens (tertiary/aromatic N) is 1. The van der Waals surface area contributed by atoms with Crippen LogP contribution >= 0.6 is 15.9 Å². The van der Waals surface area contributed by atoms with Crippen LogP contribution in [0.25, 0.3) is 0 Å². The molecule has 4 heteroatoms. The lowest BCUT2D eigenvalue weighted by Crippen LogP contribution is -2.35. The van der Waals surface area contributed by atoms with Crippen LogP contribution in [-0.4, -0.2) is 32.8 Å². The van der Waals surface area contributed by atoms with E-state index in [1.54, 1.807) is 7.11 Å². The average Bonchev–Trinajstić information content (AvgIpc) is 2.50. The summed E-state index contributed by atoms with van der Waals surface area (Å²) in [5.74, 6) is 0.719. The van der Waals surface area contributed by atoms with Gasteiger partial charge < -0.3 is 15.4 Å². The molecule has 0 spiro atoms. The molecule has 2 rings (SSSR count). The fourth-order valence-corrected chi connectivity index (χ4v) is 3.45. The van der Waals surface area contributed by atoms with Gasteiger partial charge in [0.1, 0.15) is 0 Å². The lowest BCUT2D eigenvalue weighted by Gasteiger charge is -2.33. The zero-order chi connectivity index (χ0) is 15.2. The number of hydrogen-bond acceptors (Lipinski definition) is 3. The van der Waals surface area contributed by atoms with Gasteiger partial charge in [0.25, 0.3) is 0 Å². The summed E-state index contributed by atoms with van der Waals surface area (Å²) >= 11 is 3.71. The predicted molar refractivity (Wildman–Crippen MR) is 92.9 cm³/mol. The minimum absolute atomic E-state index is 0.247. The van der Waals surface area contributed by atoms with Crippen molar-refractivity contribution in [3.05, 3.63) is 28.2 Å². The zero-order valence-electron chi connectivity index (χ0n) is 13.1. The van der Waals surface area contributed by atoms with Gasteiger partial charge in [-0.3, -0.25) is 0 Å². The molecular weight excluding hydrogens is 328 g/mol. The molecule has 0 saturated carbocycles. The molecule has 2 N–H and O–H groups in total. The van der Waals surface area contributed by atoms with Gasteiger partial charge in [-0.05, 0) is 49.3 Å². The Bertz CT molecular complexity index is 444. The van der Waals surface area contributed by atoms with E-state index in [-0.39, 0.29) is 6.04 Å². The fourth-order valence-electron chi connectivity index (χ4n) is 2.92. The molecule has 1 saturated heterocycles. The number of piperidine rings is 1. The second-order valence-corrected chi connectivity index (χ2v) is 6.89. The maximum atomic E-state index is 6.06. The first-order chi connectivity index (χ1) is 10.1. The third-order valence-corrected chi connectivity index (χ3v) is 5.16. The third kappa shape index (κ3) is 4.70. The molecule has 21 heavy (non-hydrogen) atoms. The van der Waals surface area contributed by atoms with E-state index in [0.717, 1.165) is 38.5 Å². The molecule has 0 amide bonds. The van der Waals surface area contributed by atoms with Gasteiger partial charge in [0.05, 0.1) is 0 Å². The van der Waals surface area contributed by atoms with Crippen LogP contribution in [0.15, 0.2) is 22.7 Å². The number of halogens is 1. The van der Waals surface area contributed by atoms with Crippen molar-refractivity contribution < 1.29 is 4.74 Å². The SMILES string of the molecule is CCC(N)Cc1ccc(N2CCC(COC)CC2)cc1Br. The highest BCUT2D eigenvalue weighted by Gasteiger charge is 2.19. The maximum Gasteiger partial charge on any atom is 0.0491 e. The van der Waals surface area contributed by atoms with Crippen molar-refractivity contribution in [2.45, 2.75) is 38.6 Å². The number of anilines is 1. The molecule has 1 atom stereocenters. The van der Waals surface area contributed by atoms with Crippen molar-refractivity contribution >= 4 is 21.6 Å². The van der Waals surface area contributed by atoms with Crippen LogP contribution in [0.3, 0.4) is 0 Å². The van der Waals surface area contributed by atoms with Crippen LogP contribution in [-0.2, 0) is 11.2 Å². The first kappa shape index (κ1) is 16.8. The minimum Gasteiger partial charge on any atom is -0.384 e. The number of benzene rings is 1. The predicted octanol–water partition coefficient (Wildman–Crippen LogP) is 3.59. The Labute approximate surface area is 137 Å². The lowest BCUT2D eigenvalue weighted by atomic mass is 9.97. The van der Waals surface area contributed by atoms with Crippen LogP contribution < -0.4 is 10.6 Å². The summed E-state index contributed by atoms with van der Waals surface area (Å²) in [5.41, 5.74) is 8.67. The van der Waals surface area contributed by atoms with Gasteiger partial charge in [-0.2, -0.15) is 0 Å². The average molecular weight is 355 g/mol. The highest BCUT2D eigenvalue weighted by Crippen LogP contribution is 2.28. The van der Waals surface area contributed by atoms with Crippen molar-refractivity contribution in [2.24, 2.45) is 11.7 Å². The molecule has 1 heterocycles. The summed E-state index contributed by atoms with van der Waals surface area (Å²) in [5, 5.41) is 0. The topological polar surface area (TPSA) is 38.5 Å². The largest absolute Gasteiger partial charge is 0.384 e. The summed E-state index contributed by atoms with van der Waals surface area (Å²) in [6.45, 7) is 5.27. The molecule has 1 aromatic rings. The number of nitrogens with two attached hydrogens (primary N) is 1. The molecule has 1 aliphatic heterocycles. The summed E-state index contributed by atoms with van der Waals surface area (Å²) in [6, 6.07) is 6.95. The van der Waals surface area contributed by atoms with Crippen LogP contribution in [0, 0.1) is 5.92 Å². The molecule has 118 valence electrons. The molecule has 3 nitrogen and oxygen atoms in total. The number of hydrogen-bond donors (Lipinski definition) is 1. The first-order valence-electron chi connectivity index (χ1n) is 7.92. The Balaban J connectivity index is 1.97. The smallest absolute Gasteiger partial charge is 0.0491 e. The van der Waals surface area contributed by atoms with Gasteiger partial charge in [-0.1, -0.05) is 28.9 Å². The van der Waals surface area contributed by atoms with Crippen LogP contribution in [0.1, 0.15) is 31.7 Å². The van der Waals surface area contributed by atoms with Crippen LogP contribution in [0.4, 0.5) is 5.69 Å². The summed E-state index contributed by atoms with van der Waals surface area (Å²) in [4.78, 5) is 2.47. The van der Waals surface area contributed by atoms with Crippen molar-refractivity contribution in [2.75, 3.05) is 31.7 Å². The zero-order valence-corrected chi connectivity index (χ0v) is 14.7. The van der Waals surface area contributed by atoms with Crippen molar-refractivity contribution in [3.63, 3.8) is 0 Å². The van der Waals surface area contributed by atoms with Crippen LogP contribution in [0.5, 0.6) is 0 Å². The summed E-state index contributed by atoms with van der Waals surface area (Å²) in [6.07, 6.45) is 4.39. The van der Waals surface area contributed by atoms with Crippen LogP contribution in [0.2, 0.25) is 0 Å². The molecule has 0 aromatic heterocycles. The Hall–Kier alpha value is -0.580. The quantitative estimate of drug-likeness (QED) is 0.848. The van der Waals surface area contributed by atoms with Gasteiger partial charge in [0, 0.05) is 43.0 Å². The van der Waals surface area contributed by atoms with E-state index in [9.17, 15) is 0 Å². The lowest BCUT2D eigenvalue weighted by molar-refractivity contribution is 0.139. The molecule has 0 aliphatic carbocycles. The Morgan fingerprint density at radius 1 is 1.38 bits per heavy atom. The monoisotopic (exact) mass is 354 g/mol. The van der Waals surface area contributed by atoms with E-state index in [2.05, 4.69) is 46.0 Å². The second-order valence-electron chi connectivity index (χ2n) is 6.03. The first-order valence-corrected chi connectivity index (χ1v) is 8.71. The van der Waals surface area contributed by atoms with E-state index < -0.39 is 0 Å². The van der Waals surface area contributed by atoms with Crippen molar-refractivity contribution in [3.8, 4) is 0 Å². The van der Waals surface area contributed by atoms with Gasteiger partial charge in [0.15, 0.2) is 0 Å². The molecule has 1 fully saturated rings. The summed E-state index contributed by atoms with van der Waals surface area (Å²) < 4.78 is 6.45. The molecule has 1 aromatic carbocycles. The second kappa shape index (κ2) is 8.16. The number of methoxy groups -OCH3 is 1. The molecule has 0 radical (unpaired) electrons. The highest BCUT2D eigenvalue weighted by atomic mass is 79.9. The molecule has 0 bridgehead atoms. The normalized spacial score (nSPS) is 18.0. The summed E-state index contributed by atoms with van der Waals surface area (Å²) in [7, 11) is 1.79. The van der Waals surface area contributed by atoms with E-state index >= 15 is 0 Å². The van der Waals surface area contributed by atoms with Crippen molar-refractivity contribution in [1.82, 2.24) is 0 Å². The molecular formula is C17H27BrN2O.